The number of sulfonamides is 1. The lowest BCUT2D eigenvalue weighted by molar-refractivity contribution is -0.0233. The van der Waals surface area contributed by atoms with Crippen LogP contribution in [0.25, 0.3) is 0 Å². The standard InChI is InChI=1S/C31H49NO11S/c1-3-35-12-13-36-14-15-37-16-17-38-18-19-39-20-21-40-22-23-41-24-25-42-26-27-43-30-8-10-31(11-9-30)44(33,34)32-29-6-4-28(2)5-7-29/h4-11,32H,3,12-27H2,1-2H3. The van der Waals surface area contributed by atoms with E-state index in [4.69, 9.17) is 42.6 Å². The summed E-state index contributed by atoms with van der Waals surface area (Å²) in [5, 5.41) is 0. The van der Waals surface area contributed by atoms with Crippen LogP contribution in [0.3, 0.4) is 0 Å². The first-order valence-corrected chi connectivity index (χ1v) is 16.4. The summed E-state index contributed by atoms with van der Waals surface area (Å²) >= 11 is 0. The minimum atomic E-state index is -3.67. The van der Waals surface area contributed by atoms with Gasteiger partial charge in [0.2, 0.25) is 0 Å². The fraction of sp³-hybridized carbons (Fsp3) is 0.613. The van der Waals surface area contributed by atoms with Gasteiger partial charge >= 0.3 is 0 Å². The summed E-state index contributed by atoms with van der Waals surface area (Å²) in [6.07, 6.45) is 0. The number of aryl methyl sites for hydroxylation is 1. The monoisotopic (exact) mass is 643 g/mol. The van der Waals surface area contributed by atoms with E-state index in [9.17, 15) is 8.42 Å². The average Bonchev–Trinajstić information content (AvgIpc) is 3.02. The molecule has 2 aromatic carbocycles. The molecule has 0 aliphatic rings. The fourth-order valence-corrected chi connectivity index (χ4v) is 4.51. The van der Waals surface area contributed by atoms with Crippen LogP contribution in [0.15, 0.2) is 53.4 Å². The van der Waals surface area contributed by atoms with E-state index < -0.39 is 10.0 Å². The summed E-state index contributed by atoms with van der Waals surface area (Å²) in [5.74, 6) is 0.559. The van der Waals surface area contributed by atoms with Gasteiger partial charge in [-0.05, 0) is 50.2 Å². The molecule has 13 heteroatoms. The molecule has 0 radical (unpaired) electrons. The molecular formula is C31H49NO11S. The summed E-state index contributed by atoms with van der Waals surface area (Å²) < 4.78 is 76.6. The minimum absolute atomic E-state index is 0.157. The van der Waals surface area contributed by atoms with Crippen molar-refractivity contribution in [2.24, 2.45) is 0 Å². The van der Waals surface area contributed by atoms with Gasteiger partial charge in [-0.2, -0.15) is 0 Å². The molecule has 0 spiro atoms. The van der Waals surface area contributed by atoms with Crippen molar-refractivity contribution in [2.45, 2.75) is 18.7 Å². The number of anilines is 1. The predicted molar refractivity (Wildman–Crippen MR) is 166 cm³/mol. The van der Waals surface area contributed by atoms with Gasteiger partial charge < -0.3 is 42.6 Å². The Balaban J connectivity index is 1.32. The van der Waals surface area contributed by atoms with Gasteiger partial charge in [-0.1, -0.05) is 17.7 Å². The molecule has 250 valence electrons. The fourth-order valence-electron chi connectivity index (χ4n) is 3.45. The number of nitrogens with one attached hydrogen (secondary N) is 1. The molecule has 2 aromatic rings. The van der Waals surface area contributed by atoms with E-state index in [-0.39, 0.29) is 4.90 Å². The van der Waals surface area contributed by atoms with Gasteiger partial charge in [0.25, 0.3) is 10.0 Å². The van der Waals surface area contributed by atoms with Gasteiger partial charge in [-0.25, -0.2) is 8.42 Å². The van der Waals surface area contributed by atoms with Crippen molar-refractivity contribution in [3.05, 3.63) is 54.1 Å². The molecule has 0 unspecified atom stereocenters. The van der Waals surface area contributed by atoms with E-state index in [0.29, 0.717) is 124 Å². The molecule has 0 amide bonds. The van der Waals surface area contributed by atoms with Gasteiger partial charge in [0.1, 0.15) is 12.4 Å². The van der Waals surface area contributed by atoms with Crippen LogP contribution in [0.2, 0.25) is 0 Å². The molecule has 0 saturated heterocycles. The van der Waals surface area contributed by atoms with E-state index in [0.717, 1.165) is 5.56 Å². The normalized spacial score (nSPS) is 11.6. The molecule has 44 heavy (non-hydrogen) atoms. The number of rotatable bonds is 29. The highest BCUT2D eigenvalue weighted by Gasteiger charge is 2.14. The Bertz CT molecular complexity index is 1050. The Kier molecular flexibility index (Phi) is 21.4. The van der Waals surface area contributed by atoms with Crippen molar-refractivity contribution in [1.82, 2.24) is 0 Å². The van der Waals surface area contributed by atoms with E-state index in [2.05, 4.69) is 4.72 Å². The van der Waals surface area contributed by atoms with Crippen LogP contribution in [0.5, 0.6) is 5.75 Å². The van der Waals surface area contributed by atoms with E-state index in [1.807, 2.05) is 26.0 Å². The zero-order chi connectivity index (χ0) is 31.6. The van der Waals surface area contributed by atoms with Crippen molar-refractivity contribution in [1.29, 1.82) is 0 Å². The van der Waals surface area contributed by atoms with Crippen LogP contribution in [0.1, 0.15) is 12.5 Å². The van der Waals surface area contributed by atoms with Crippen LogP contribution in [-0.2, 0) is 47.9 Å². The van der Waals surface area contributed by atoms with Crippen molar-refractivity contribution < 1.29 is 51.0 Å². The largest absolute Gasteiger partial charge is 0.491 e. The van der Waals surface area contributed by atoms with Gasteiger partial charge in [0, 0.05) is 12.3 Å². The van der Waals surface area contributed by atoms with Crippen LogP contribution >= 0.6 is 0 Å². The van der Waals surface area contributed by atoms with Gasteiger partial charge in [0.05, 0.1) is 104 Å². The molecule has 0 aliphatic carbocycles. The Hall–Kier alpha value is -2.33. The molecule has 12 nitrogen and oxygen atoms in total. The quantitative estimate of drug-likeness (QED) is 0.131. The summed E-state index contributed by atoms with van der Waals surface area (Å²) in [4.78, 5) is 0.157. The SMILES string of the molecule is CCOCCOCCOCCOCCOCCOCCOCCOCCOc1ccc(S(=O)(=O)Nc2ccc(C)cc2)cc1. The van der Waals surface area contributed by atoms with E-state index in [1.54, 1.807) is 24.3 Å². The van der Waals surface area contributed by atoms with Crippen molar-refractivity contribution in [2.75, 3.05) is 117 Å². The van der Waals surface area contributed by atoms with Crippen molar-refractivity contribution in [3.8, 4) is 5.75 Å². The first-order chi connectivity index (χ1) is 21.5. The number of ether oxygens (including phenoxy) is 9. The lowest BCUT2D eigenvalue weighted by atomic mass is 10.2. The second-order valence-electron chi connectivity index (χ2n) is 9.27. The summed E-state index contributed by atoms with van der Waals surface area (Å²) in [5.41, 5.74) is 1.57. The maximum Gasteiger partial charge on any atom is 0.261 e. The predicted octanol–water partition coefficient (Wildman–Crippen LogP) is 3.33. The van der Waals surface area contributed by atoms with Crippen molar-refractivity contribution in [3.63, 3.8) is 0 Å². The molecule has 0 bridgehead atoms. The Morgan fingerprint density at radius 2 is 0.864 bits per heavy atom. The molecule has 1 N–H and O–H groups in total. The second kappa shape index (κ2) is 24.9. The Morgan fingerprint density at radius 1 is 0.500 bits per heavy atom. The van der Waals surface area contributed by atoms with Gasteiger partial charge in [0.15, 0.2) is 0 Å². The third kappa shape index (κ3) is 19.1. The highest BCUT2D eigenvalue weighted by molar-refractivity contribution is 7.92. The van der Waals surface area contributed by atoms with Crippen LogP contribution in [0, 0.1) is 6.92 Å². The van der Waals surface area contributed by atoms with E-state index in [1.165, 1.54) is 12.1 Å². The second-order valence-corrected chi connectivity index (χ2v) is 11.0. The third-order valence-electron chi connectivity index (χ3n) is 5.74. The van der Waals surface area contributed by atoms with Gasteiger partial charge in [-0.15, -0.1) is 0 Å². The van der Waals surface area contributed by atoms with Crippen molar-refractivity contribution >= 4 is 15.7 Å². The molecular weight excluding hydrogens is 594 g/mol. The molecule has 0 heterocycles. The Labute approximate surface area is 262 Å². The molecule has 0 atom stereocenters. The maximum atomic E-state index is 12.6. The smallest absolute Gasteiger partial charge is 0.261 e. The number of hydrogen-bond acceptors (Lipinski definition) is 11. The first kappa shape index (κ1) is 37.9. The molecule has 0 saturated carbocycles. The van der Waals surface area contributed by atoms with Crippen LogP contribution in [-0.4, -0.2) is 121 Å². The van der Waals surface area contributed by atoms with Gasteiger partial charge in [-0.3, -0.25) is 4.72 Å². The molecule has 0 aromatic heterocycles. The highest BCUT2D eigenvalue weighted by Crippen LogP contribution is 2.19. The zero-order valence-electron chi connectivity index (χ0n) is 26.0. The Morgan fingerprint density at radius 3 is 1.25 bits per heavy atom. The number of benzene rings is 2. The topological polar surface area (TPSA) is 129 Å². The number of hydrogen-bond donors (Lipinski definition) is 1. The average molecular weight is 644 g/mol. The lowest BCUT2D eigenvalue weighted by Crippen LogP contribution is -2.15. The van der Waals surface area contributed by atoms with Crippen LogP contribution in [0.4, 0.5) is 5.69 Å². The third-order valence-corrected chi connectivity index (χ3v) is 7.14. The highest BCUT2D eigenvalue weighted by atomic mass is 32.2. The molecule has 0 aliphatic heterocycles. The zero-order valence-corrected chi connectivity index (χ0v) is 26.9. The van der Waals surface area contributed by atoms with Crippen LogP contribution < -0.4 is 9.46 Å². The lowest BCUT2D eigenvalue weighted by Gasteiger charge is -2.10. The van der Waals surface area contributed by atoms with E-state index >= 15 is 0 Å². The first-order valence-electron chi connectivity index (χ1n) is 15.0. The maximum absolute atomic E-state index is 12.6. The summed E-state index contributed by atoms with van der Waals surface area (Å²) in [6, 6.07) is 13.4. The summed E-state index contributed by atoms with van der Waals surface area (Å²) in [6.45, 7) is 12.4. The molecule has 0 fully saturated rings. The minimum Gasteiger partial charge on any atom is -0.491 e. The molecule has 2 rings (SSSR count). The summed E-state index contributed by atoms with van der Waals surface area (Å²) in [7, 11) is -3.67.